The second-order valence-corrected chi connectivity index (χ2v) is 5.42. The largest absolute Gasteiger partial charge is 0.390 e. The van der Waals surface area contributed by atoms with Crippen molar-refractivity contribution in [3.05, 3.63) is 35.2 Å². The van der Waals surface area contributed by atoms with Crippen LogP contribution in [0.25, 0.3) is 10.1 Å². The van der Waals surface area contributed by atoms with Crippen LogP contribution < -0.4 is 5.32 Å². The minimum atomic E-state index is -3.06. The van der Waals surface area contributed by atoms with Gasteiger partial charge in [0, 0.05) is 15.6 Å². The summed E-state index contributed by atoms with van der Waals surface area (Å²) >= 11 is 1.59. The maximum absolute atomic E-state index is 12.9. The van der Waals surface area contributed by atoms with E-state index in [-0.39, 0.29) is 6.04 Å². The summed E-state index contributed by atoms with van der Waals surface area (Å²) in [5.74, 6) is -3.06. The standard InChI is InChI=1S/C13H15F2NOS/c1-9(16-7-13(14,15)8-17)12-6-10-4-2-3-5-11(10)18-12/h2-6,9,16-17H,7-8H2,1H3. The zero-order valence-electron chi connectivity index (χ0n) is 9.99. The van der Waals surface area contributed by atoms with E-state index in [0.717, 1.165) is 15.0 Å². The Morgan fingerprint density at radius 2 is 2.11 bits per heavy atom. The van der Waals surface area contributed by atoms with E-state index >= 15 is 0 Å². The lowest BCUT2D eigenvalue weighted by molar-refractivity contribution is -0.0490. The highest BCUT2D eigenvalue weighted by Crippen LogP contribution is 2.29. The summed E-state index contributed by atoms with van der Waals surface area (Å²) < 4.78 is 27.0. The predicted octanol–water partition coefficient (Wildman–Crippen LogP) is 3.18. The molecule has 0 radical (unpaired) electrons. The Hall–Kier alpha value is -1.04. The zero-order valence-corrected chi connectivity index (χ0v) is 10.8. The molecule has 0 fully saturated rings. The van der Waals surface area contributed by atoms with E-state index in [1.807, 2.05) is 37.3 Å². The highest BCUT2D eigenvalue weighted by molar-refractivity contribution is 7.19. The van der Waals surface area contributed by atoms with Crippen molar-refractivity contribution in [2.75, 3.05) is 13.2 Å². The third-order valence-corrected chi connectivity index (χ3v) is 4.07. The molecule has 0 aliphatic heterocycles. The van der Waals surface area contributed by atoms with Crippen LogP contribution in [0, 0.1) is 0 Å². The average molecular weight is 271 g/mol. The number of hydrogen-bond acceptors (Lipinski definition) is 3. The first-order chi connectivity index (χ1) is 8.52. The molecule has 1 aromatic carbocycles. The molecule has 0 bridgehead atoms. The van der Waals surface area contributed by atoms with E-state index in [9.17, 15) is 8.78 Å². The topological polar surface area (TPSA) is 32.3 Å². The quantitative estimate of drug-likeness (QED) is 0.875. The molecule has 1 atom stereocenters. The van der Waals surface area contributed by atoms with Crippen LogP contribution in [0.15, 0.2) is 30.3 Å². The highest BCUT2D eigenvalue weighted by Gasteiger charge is 2.28. The Balaban J connectivity index is 2.07. The van der Waals surface area contributed by atoms with Gasteiger partial charge in [-0.3, -0.25) is 0 Å². The van der Waals surface area contributed by atoms with Gasteiger partial charge in [-0.2, -0.15) is 0 Å². The van der Waals surface area contributed by atoms with Gasteiger partial charge < -0.3 is 10.4 Å². The molecule has 5 heteroatoms. The Labute approximate surface area is 108 Å². The monoisotopic (exact) mass is 271 g/mol. The number of halogens is 2. The number of aliphatic hydroxyl groups excluding tert-OH is 1. The molecule has 2 nitrogen and oxygen atoms in total. The van der Waals surface area contributed by atoms with Gasteiger partial charge in [0.15, 0.2) is 0 Å². The molecule has 0 saturated heterocycles. The first-order valence-electron chi connectivity index (χ1n) is 5.72. The van der Waals surface area contributed by atoms with E-state index < -0.39 is 19.1 Å². The Bertz CT molecular complexity index is 493. The molecule has 0 aliphatic carbocycles. The number of thiophene rings is 1. The summed E-state index contributed by atoms with van der Waals surface area (Å²) in [5, 5.41) is 12.4. The van der Waals surface area contributed by atoms with E-state index in [2.05, 4.69) is 5.32 Å². The second-order valence-electron chi connectivity index (χ2n) is 4.30. The van der Waals surface area contributed by atoms with Gasteiger partial charge in [-0.1, -0.05) is 18.2 Å². The smallest absolute Gasteiger partial charge is 0.282 e. The maximum Gasteiger partial charge on any atom is 0.282 e. The van der Waals surface area contributed by atoms with Crippen molar-refractivity contribution in [3.63, 3.8) is 0 Å². The van der Waals surface area contributed by atoms with Crippen molar-refractivity contribution in [1.29, 1.82) is 0 Å². The van der Waals surface area contributed by atoms with Crippen LogP contribution in [-0.4, -0.2) is 24.2 Å². The Morgan fingerprint density at radius 3 is 2.78 bits per heavy atom. The fourth-order valence-electron chi connectivity index (χ4n) is 1.67. The number of benzene rings is 1. The van der Waals surface area contributed by atoms with E-state index in [1.54, 1.807) is 11.3 Å². The van der Waals surface area contributed by atoms with Crippen molar-refractivity contribution in [2.45, 2.75) is 18.9 Å². The van der Waals surface area contributed by atoms with Gasteiger partial charge in [0.05, 0.1) is 6.54 Å². The molecule has 2 N–H and O–H groups in total. The van der Waals surface area contributed by atoms with Crippen LogP contribution in [0.2, 0.25) is 0 Å². The van der Waals surface area contributed by atoms with Crippen LogP contribution in [0.4, 0.5) is 8.78 Å². The molecular weight excluding hydrogens is 256 g/mol. The molecular formula is C13H15F2NOS. The summed E-state index contributed by atoms with van der Waals surface area (Å²) in [7, 11) is 0. The van der Waals surface area contributed by atoms with E-state index in [4.69, 9.17) is 5.11 Å². The average Bonchev–Trinajstić information content (AvgIpc) is 2.80. The highest BCUT2D eigenvalue weighted by atomic mass is 32.1. The van der Waals surface area contributed by atoms with Crippen molar-refractivity contribution < 1.29 is 13.9 Å². The van der Waals surface area contributed by atoms with Crippen molar-refractivity contribution in [1.82, 2.24) is 5.32 Å². The van der Waals surface area contributed by atoms with Gasteiger partial charge in [-0.05, 0) is 24.4 Å². The third-order valence-electron chi connectivity index (χ3n) is 2.77. The van der Waals surface area contributed by atoms with Crippen molar-refractivity contribution >= 4 is 21.4 Å². The van der Waals surface area contributed by atoms with E-state index in [1.165, 1.54) is 0 Å². The number of rotatable bonds is 5. The number of nitrogens with one attached hydrogen (secondary N) is 1. The van der Waals surface area contributed by atoms with Crippen LogP contribution in [0.1, 0.15) is 17.8 Å². The minimum Gasteiger partial charge on any atom is -0.390 e. The number of aliphatic hydroxyl groups is 1. The van der Waals surface area contributed by atoms with Gasteiger partial charge in [-0.25, -0.2) is 8.78 Å². The molecule has 2 rings (SSSR count). The zero-order chi connectivity index (χ0) is 13.2. The summed E-state index contributed by atoms with van der Waals surface area (Å²) in [4.78, 5) is 1.02. The van der Waals surface area contributed by atoms with Crippen LogP contribution >= 0.6 is 11.3 Å². The Kier molecular flexibility index (Phi) is 3.94. The van der Waals surface area contributed by atoms with Gasteiger partial charge >= 0.3 is 0 Å². The lowest BCUT2D eigenvalue weighted by atomic mass is 10.2. The molecule has 0 amide bonds. The first kappa shape index (κ1) is 13.4. The lowest BCUT2D eigenvalue weighted by Crippen LogP contribution is -2.36. The predicted molar refractivity (Wildman–Crippen MR) is 70.3 cm³/mol. The van der Waals surface area contributed by atoms with Gasteiger partial charge in [0.2, 0.25) is 0 Å². The lowest BCUT2D eigenvalue weighted by Gasteiger charge is -2.17. The fourth-order valence-corrected chi connectivity index (χ4v) is 2.77. The molecule has 1 heterocycles. The molecule has 18 heavy (non-hydrogen) atoms. The number of alkyl halides is 2. The molecule has 2 aromatic rings. The first-order valence-corrected chi connectivity index (χ1v) is 6.54. The van der Waals surface area contributed by atoms with Crippen LogP contribution in [0.5, 0.6) is 0 Å². The third kappa shape index (κ3) is 3.04. The molecule has 1 aromatic heterocycles. The normalized spacial score (nSPS) is 14.0. The molecule has 0 spiro atoms. The molecule has 0 saturated carbocycles. The SMILES string of the molecule is CC(NCC(F)(F)CO)c1cc2ccccc2s1. The summed E-state index contributed by atoms with van der Waals surface area (Å²) in [5.41, 5.74) is 0. The van der Waals surface area contributed by atoms with Gasteiger partial charge in [0.25, 0.3) is 5.92 Å². The summed E-state index contributed by atoms with van der Waals surface area (Å²) in [6.07, 6.45) is 0. The number of fused-ring (bicyclic) bond motifs is 1. The number of hydrogen-bond donors (Lipinski definition) is 2. The fraction of sp³-hybridized carbons (Fsp3) is 0.385. The summed E-state index contributed by atoms with van der Waals surface area (Å²) in [6, 6.07) is 9.79. The van der Waals surface area contributed by atoms with Crippen molar-refractivity contribution in [2.24, 2.45) is 0 Å². The van der Waals surface area contributed by atoms with Gasteiger partial charge in [0.1, 0.15) is 6.61 Å². The van der Waals surface area contributed by atoms with Crippen LogP contribution in [0.3, 0.4) is 0 Å². The van der Waals surface area contributed by atoms with E-state index in [0.29, 0.717) is 0 Å². The second kappa shape index (κ2) is 5.30. The molecule has 1 unspecified atom stereocenters. The van der Waals surface area contributed by atoms with Crippen molar-refractivity contribution in [3.8, 4) is 0 Å². The van der Waals surface area contributed by atoms with Gasteiger partial charge in [-0.15, -0.1) is 11.3 Å². The van der Waals surface area contributed by atoms with Crippen LogP contribution in [-0.2, 0) is 0 Å². The summed E-state index contributed by atoms with van der Waals surface area (Å²) in [6.45, 7) is 0.205. The Morgan fingerprint density at radius 1 is 1.39 bits per heavy atom. The maximum atomic E-state index is 12.9. The molecule has 98 valence electrons. The minimum absolute atomic E-state index is 0.153. The molecule has 0 aliphatic rings.